The van der Waals surface area contributed by atoms with Crippen molar-refractivity contribution in [3.05, 3.63) is 36.0 Å². The van der Waals surface area contributed by atoms with Crippen LogP contribution in [0, 0.1) is 18.8 Å². The summed E-state index contributed by atoms with van der Waals surface area (Å²) < 4.78 is 40.2. The van der Waals surface area contributed by atoms with Gasteiger partial charge in [-0.1, -0.05) is 66.5 Å². The highest BCUT2D eigenvalue weighted by molar-refractivity contribution is 5.54. The predicted molar refractivity (Wildman–Crippen MR) is 139 cm³/mol. The van der Waals surface area contributed by atoms with Gasteiger partial charge in [0, 0.05) is 24.5 Å². The standard InChI is InChI=1S/C13H16F3NO.C9H21N.C3H8.C2H2/c1-4-6-10(2)17(3)11-7-5-8-12(9-11)18-13(14,15)16;1-4-7-10-8-6-9(3)5-2;1-3-2;1-2/h5-9H,4H2,1-3H3;9-10H,4-8H2,1-3H3;3H2,1-2H3;1-2H/b10-6-;;;. The van der Waals surface area contributed by atoms with E-state index in [0.717, 1.165) is 18.0 Å². The van der Waals surface area contributed by atoms with Crippen LogP contribution in [-0.2, 0) is 0 Å². The molecule has 0 aliphatic rings. The van der Waals surface area contributed by atoms with Crippen molar-refractivity contribution in [3.63, 3.8) is 0 Å². The zero-order valence-electron chi connectivity index (χ0n) is 22.1. The molecule has 1 aromatic carbocycles. The summed E-state index contributed by atoms with van der Waals surface area (Å²) in [5, 5.41) is 3.40. The van der Waals surface area contributed by atoms with Gasteiger partial charge in [0.05, 0.1) is 0 Å². The number of anilines is 1. The Bertz CT molecular complexity index is 613. The van der Waals surface area contributed by atoms with E-state index < -0.39 is 6.36 Å². The summed E-state index contributed by atoms with van der Waals surface area (Å²) in [4.78, 5) is 1.81. The maximum Gasteiger partial charge on any atom is 0.573 e. The second-order valence-corrected chi connectivity index (χ2v) is 7.62. The van der Waals surface area contributed by atoms with Gasteiger partial charge in [0.15, 0.2) is 0 Å². The summed E-state index contributed by atoms with van der Waals surface area (Å²) in [7, 11) is 1.80. The van der Waals surface area contributed by atoms with Crippen LogP contribution in [0.5, 0.6) is 5.75 Å². The molecule has 33 heavy (non-hydrogen) atoms. The maximum atomic E-state index is 12.1. The van der Waals surface area contributed by atoms with Crippen LogP contribution in [-0.4, -0.2) is 26.5 Å². The Balaban J connectivity index is -0.000000507. The van der Waals surface area contributed by atoms with Gasteiger partial charge in [-0.15, -0.1) is 26.0 Å². The molecule has 192 valence electrons. The zero-order chi connectivity index (χ0) is 26.3. The third-order valence-electron chi connectivity index (χ3n) is 4.40. The molecular weight excluding hydrogens is 425 g/mol. The SMILES string of the molecule is C#C.CC/C=C(/C)N(C)c1cccc(OC(F)(F)F)c1.CCC.CCCNCCC(C)CC. The molecule has 6 heteroatoms. The van der Waals surface area contributed by atoms with E-state index in [9.17, 15) is 13.2 Å². The molecule has 1 unspecified atom stereocenters. The van der Waals surface area contributed by atoms with Gasteiger partial charge in [0.2, 0.25) is 0 Å². The number of hydrogen-bond donors (Lipinski definition) is 1. The number of nitrogens with zero attached hydrogens (tertiary/aromatic N) is 1. The summed E-state index contributed by atoms with van der Waals surface area (Å²) in [6.07, 6.45) is 11.3. The van der Waals surface area contributed by atoms with Crippen LogP contribution < -0.4 is 15.0 Å². The lowest BCUT2D eigenvalue weighted by atomic mass is 10.1. The minimum absolute atomic E-state index is 0.212. The van der Waals surface area contributed by atoms with Crippen molar-refractivity contribution in [2.45, 2.75) is 86.9 Å². The second-order valence-electron chi connectivity index (χ2n) is 7.62. The highest BCUT2D eigenvalue weighted by Gasteiger charge is 2.31. The summed E-state index contributed by atoms with van der Waals surface area (Å²) in [6, 6.07) is 5.91. The third-order valence-corrected chi connectivity index (χ3v) is 4.40. The van der Waals surface area contributed by atoms with Crippen LogP contribution in [0.3, 0.4) is 0 Å². The quantitative estimate of drug-likeness (QED) is 0.273. The van der Waals surface area contributed by atoms with Crippen molar-refractivity contribution >= 4 is 5.69 Å². The lowest BCUT2D eigenvalue weighted by Crippen LogP contribution is -2.18. The lowest BCUT2D eigenvalue weighted by Gasteiger charge is -2.21. The van der Waals surface area contributed by atoms with E-state index >= 15 is 0 Å². The van der Waals surface area contributed by atoms with Gasteiger partial charge in [-0.25, -0.2) is 0 Å². The van der Waals surface area contributed by atoms with Crippen LogP contribution in [0.1, 0.15) is 80.6 Å². The second kappa shape index (κ2) is 23.0. The Morgan fingerprint density at radius 1 is 1.12 bits per heavy atom. The number of ether oxygens (including phenoxy) is 1. The normalized spacial score (nSPS) is 11.5. The van der Waals surface area contributed by atoms with E-state index in [0.29, 0.717) is 5.69 Å². The van der Waals surface area contributed by atoms with Gasteiger partial charge < -0.3 is 15.0 Å². The van der Waals surface area contributed by atoms with E-state index in [1.807, 2.05) is 24.8 Å². The smallest absolute Gasteiger partial charge is 0.406 e. The molecule has 0 fully saturated rings. The van der Waals surface area contributed by atoms with E-state index in [2.05, 4.69) is 57.5 Å². The van der Waals surface area contributed by atoms with Gasteiger partial charge in [0.25, 0.3) is 0 Å². The first kappa shape index (κ1) is 35.5. The Labute approximate surface area is 201 Å². The summed E-state index contributed by atoms with van der Waals surface area (Å²) in [5.74, 6) is 0.681. The number of allylic oxidation sites excluding steroid dienone is 2. The van der Waals surface area contributed by atoms with Crippen molar-refractivity contribution in [2.24, 2.45) is 5.92 Å². The number of halogens is 3. The fraction of sp³-hybridized carbons (Fsp3) is 0.630. The van der Waals surface area contributed by atoms with Gasteiger partial charge in [-0.05, 0) is 57.3 Å². The number of rotatable bonds is 10. The monoisotopic (exact) mass is 472 g/mol. The molecule has 0 amide bonds. The van der Waals surface area contributed by atoms with Crippen molar-refractivity contribution in [1.82, 2.24) is 5.32 Å². The molecule has 0 bridgehead atoms. The van der Waals surface area contributed by atoms with Gasteiger partial charge in [0.1, 0.15) is 5.75 Å². The molecule has 1 N–H and O–H groups in total. The predicted octanol–water partition coefficient (Wildman–Crippen LogP) is 8.42. The van der Waals surface area contributed by atoms with E-state index in [1.54, 1.807) is 13.1 Å². The van der Waals surface area contributed by atoms with E-state index in [4.69, 9.17) is 0 Å². The average molecular weight is 473 g/mol. The molecule has 0 heterocycles. The Morgan fingerprint density at radius 2 is 1.70 bits per heavy atom. The third kappa shape index (κ3) is 22.8. The molecule has 0 radical (unpaired) electrons. The molecule has 1 aromatic rings. The highest BCUT2D eigenvalue weighted by Crippen LogP contribution is 2.27. The number of benzene rings is 1. The topological polar surface area (TPSA) is 24.5 Å². The summed E-state index contributed by atoms with van der Waals surface area (Å²) in [6.45, 7) is 17.3. The Kier molecular flexibility index (Phi) is 24.8. The molecule has 3 nitrogen and oxygen atoms in total. The van der Waals surface area contributed by atoms with Crippen LogP contribution in [0.25, 0.3) is 0 Å². The maximum absolute atomic E-state index is 12.1. The first-order valence-electron chi connectivity index (χ1n) is 11.9. The minimum atomic E-state index is -4.66. The van der Waals surface area contributed by atoms with Gasteiger partial charge in [-0.2, -0.15) is 0 Å². The number of terminal acetylenes is 1. The van der Waals surface area contributed by atoms with Crippen molar-refractivity contribution < 1.29 is 17.9 Å². The molecule has 0 aliphatic carbocycles. The first-order valence-corrected chi connectivity index (χ1v) is 11.9. The number of alkyl halides is 3. The fourth-order valence-corrected chi connectivity index (χ4v) is 2.38. The zero-order valence-corrected chi connectivity index (χ0v) is 22.1. The molecule has 0 saturated heterocycles. The molecular formula is C27H47F3N2O. The Hall–Kier alpha value is -2.13. The largest absolute Gasteiger partial charge is 0.573 e. The summed E-state index contributed by atoms with van der Waals surface area (Å²) >= 11 is 0. The molecule has 1 atom stereocenters. The van der Waals surface area contributed by atoms with Crippen LogP contribution >= 0.6 is 0 Å². The number of hydrogen-bond acceptors (Lipinski definition) is 3. The highest BCUT2D eigenvalue weighted by atomic mass is 19.4. The molecule has 0 aliphatic heterocycles. The Morgan fingerprint density at radius 3 is 2.15 bits per heavy atom. The fourth-order valence-electron chi connectivity index (χ4n) is 2.38. The molecule has 0 saturated carbocycles. The lowest BCUT2D eigenvalue weighted by molar-refractivity contribution is -0.274. The van der Waals surface area contributed by atoms with Crippen molar-refractivity contribution in [2.75, 3.05) is 25.0 Å². The van der Waals surface area contributed by atoms with Crippen LogP contribution in [0.4, 0.5) is 18.9 Å². The molecule has 1 rings (SSSR count). The molecule has 0 aromatic heterocycles. The summed E-state index contributed by atoms with van der Waals surface area (Å²) in [5.41, 5.74) is 1.63. The van der Waals surface area contributed by atoms with Gasteiger partial charge in [-0.3, -0.25) is 0 Å². The van der Waals surface area contributed by atoms with Crippen LogP contribution in [0.2, 0.25) is 0 Å². The van der Waals surface area contributed by atoms with Crippen molar-refractivity contribution in [1.29, 1.82) is 0 Å². The van der Waals surface area contributed by atoms with Gasteiger partial charge >= 0.3 is 6.36 Å². The minimum Gasteiger partial charge on any atom is -0.406 e. The van der Waals surface area contributed by atoms with E-state index in [1.165, 1.54) is 57.0 Å². The number of nitrogens with one attached hydrogen (secondary N) is 1. The van der Waals surface area contributed by atoms with Crippen molar-refractivity contribution in [3.8, 4) is 18.6 Å². The first-order chi connectivity index (χ1) is 15.6. The average Bonchev–Trinajstić information content (AvgIpc) is 2.77. The van der Waals surface area contributed by atoms with E-state index in [-0.39, 0.29) is 5.75 Å². The van der Waals surface area contributed by atoms with Crippen LogP contribution in [0.15, 0.2) is 36.0 Å². The molecule has 0 spiro atoms.